The van der Waals surface area contributed by atoms with Crippen molar-refractivity contribution >= 4 is 15.9 Å². The molecule has 2 heteroatoms. The summed E-state index contributed by atoms with van der Waals surface area (Å²) in [6, 6.07) is 18.2. The maximum atomic E-state index is 11.4. The van der Waals surface area contributed by atoms with Gasteiger partial charge in [-0.3, -0.25) is 0 Å². The van der Waals surface area contributed by atoms with E-state index in [2.05, 4.69) is 48.8 Å². The first-order valence-electron chi connectivity index (χ1n) is 6.99. The van der Waals surface area contributed by atoms with Gasteiger partial charge in [0, 0.05) is 10.4 Å². The van der Waals surface area contributed by atoms with Crippen LogP contribution in [0.4, 0.5) is 0 Å². The van der Waals surface area contributed by atoms with E-state index in [1.807, 2.05) is 42.5 Å². The summed E-state index contributed by atoms with van der Waals surface area (Å²) in [4.78, 5) is 0. The van der Waals surface area contributed by atoms with Crippen LogP contribution in [0.2, 0.25) is 0 Å². The Morgan fingerprint density at radius 3 is 1.95 bits per heavy atom. The van der Waals surface area contributed by atoms with Crippen LogP contribution in [-0.2, 0) is 5.60 Å². The van der Waals surface area contributed by atoms with E-state index in [0.29, 0.717) is 0 Å². The fourth-order valence-electron chi connectivity index (χ4n) is 2.80. The molecule has 1 nitrogen and oxygen atoms in total. The Bertz CT molecular complexity index is 547. The molecule has 0 heterocycles. The summed E-state index contributed by atoms with van der Waals surface area (Å²) in [5.41, 5.74) is 1.25. The van der Waals surface area contributed by atoms with Crippen LogP contribution >= 0.6 is 15.9 Å². The number of rotatable bonds is 4. The molecule has 0 fully saturated rings. The highest BCUT2D eigenvalue weighted by atomic mass is 79.9. The number of benzene rings is 2. The third-order valence-corrected chi connectivity index (χ3v) is 4.68. The van der Waals surface area contributed by atoms with Crippen molar-refractivity contribution < 1.29 is 5.11 Å². The fourth-order valence-corrected chi connectivity index (χ4v) is 3.06. The van der Waals surface area contributed by atoms with Gasteiger partial charge >= 0.3 is 0 Å². The van der Waals surface area contributed by atoms with Gasteiger partial charge in [-0.25, -0.2) is 0 Å². The van der Waals surface area contributed by atoms with Crippen LogP contribution in [0, 0.1) is 5.92 Å². The van der Waals surface area contributed by atoms with Crippen LogP contribution in [0.1, 0.15) is 37.8 Å². The largest absolute Gasteiger partial charge is 0.384 e. The molecule has 0 aliphatic rings. The summed E-state index contributed by atoms with van der Waals surface area (Å²) < 4.78 is 1.03. The minimum atomic E-state index is -0.873. The predicted octanol–water partition coefficient (Wildman–Crippen LogP) is 5.10. The van der Waals surface area contributed by atoms with E-state index in [9.17, 15) is 5.11 Å². The number of hydrogen-bond donors (Lipinski definition) is 1. The highest BCUT2D eigenvalue weighted by Crippen LogP contribution is 2.42. The van der Waals surface area contributed by atoms with Crippen LogP contribution in [-0.4, -0.2) is 5.11 Å². The first-order chi connectivity index (χ1) is 9.46. The second kappa shape index (κ2) is 6.11. The molecule has 0 aliphatic heterocycles. The highest BCUT2D eigenvalue weighted by molar-refractivity contribution is 9.10. The minimum absolute atomic E-state index is 0.0323. The van der Waals surface area contributed by atoms with Crippen molar-refractivity contribution in [2.45, 2.75) is 32.3 Å². The lowest BCUT2D eigenvalue weighted by molar-refractivity contribution is -0.0323. The Balaban J connectivity index is 2.47. The van der Waals surface area contributed by atoms with Gasteiger partial charge in [-0.15, -0.1) is 0 Å². The maximum absolute atomic E-state index is 11.4. The molecule has 0 radical (unpaired) electrons. The number of aliphatic hydroxyl groups is 1. The molecule has 1 N–H and O–H groups in total. The van der Waals surface area contributed by atoms with E-state index in [1.54, 1.807) is 0 Å². The van der Waals surface area contributed by atoms with E-state index >= 15 is 0 Å². The molecule has 2 rings (SSSR count). The van der Waals surface area contributed by atoms with Crippen LogP contribution < -0.4 is 0 Å². The molecule has 106 valence electrons. The van der Waals surface area contributed by atoms with Crippen LogP contribution in [0.25, 0.3) is 0 Å². The Morgan fingerprint density at radius 2 is 1.45 bits per heavy atom. The summed E-state index contributed by atoms with van der Waals surface area (Å²) in [6.07, 6.45) is 0. The zero-order valence-corrected chi connectivity index (χ0v) is 13.8. The summed E-state index contributed by atoms with van der Waals surface area (Å²) in [6.45, 7) is 6.24. The van der Waals surface area contributed by atoms with Crippen molar-refractivity contribution in [2.75, 3.05) is 0 Å². The van der Waals surface area contributed by atoms with Gasteiger partial charge in [0.2, 0.25) is 0 Å². The molecule has 0 aromatic heterocycles. The van der Waals surface area contributed by atoms with E-state index in [0.717, 1.165) is 15.6 Å². The molecular weight excluding hydrogens is 312 g/mol. The fraction of sp³-hybridized carbons (Fsp3) is 0.333. The van der Waals surface area contributed by atoms with Crippen LogP contribution in [0.5, 0.6) is 0 Å². The summed E-state index contributed by atoms with van der Waals surface area (Å²) in [5.74, 6) is 0.156. The zero-order chi connectivity index (χ0) is 14.8. The average Bonchev–Trinajstić information content (AvgIpc) is 2.47. The van der Waals surface area contributed by atoms with Gasteiger partial charge < -0.3 is 5.11 Å². The first-order valence-corrected chi connectivity index (χ1v) is 7.79. The van der Waals surface area contributed by atoms with Crippen molar-refractivity contribution in [1.82, 2.24) is 0 Å². The molecule has 0 saturated carbocycles. The molecule has 2 atom stereocenters. The minimum Gasteiger partial charge on any atom is -0.384 e. The Morgan fingerprint density at radius 1 is 0.900 bits per heavy atom. The van der Waals surface area contributed by atoms with Gasteiger partial charge in [0.15, 0.2) is 0 Å². The topological polar surface area (TPSA) is 20.2 Å². The third kappa shape index (κ3) is 2.82. The summed E-state index contributed by atoms with van der Waals surface area (Å²) >= 11 is 3.45. The van der Waals surface area contributed by atoms with Crippen molar-refractivity contribution in [3.8, 4) is 0 Å². The molecule has 0 aliphatic carbocycles. The van der Waals surface area contributed by atoms with Crippen molar-refractivity contribution in [2.24, 2.45) is 5.92 Å². The van der Waals surface area contributed by atoms with E-state index in [-0.39, 0.29) is 11.8 Å². The average molecular weight is 333 g/mol. The van der Waals surface area contributed by atoms with Gasteiger partial charge in [-0.05, 0) is 29.2 Å². The molecule has 0 spiro atoms. The standard InChI is InChI=1S/C18H21BrO/c1-13(2)18(20,16-9-11-17(19)12-10-16)14(3)15-7-5-4-6-8-15/h4-14,20H,1-3H3/t14-,18+/m0/s1. The SMILES string of the molecule is CC(C)[C@](O)(c1ccc(Br)cc1)[C@@H](C)c1ccccc1. The monoisotopic (exact) mass is 332 g/mol. The third-order valence-electron chi connectivity index (χ3n) is 4.15. The summed E-state index contributed by atoms with van der Waals surface area (Å²) in [5, 5.41) is 11.4. The molecule has 0 saturated heterocycles. The van der Waals surface area contributed by atoms with Gasteiger partial charge in [-0.1, -0.05) is 79.2 Å². The lowest BCUT2D eigenvalue weighted by atomic mass is 9.72. The van der Waals surface area contributed by atoms with Crippen LogP contribution in [0.15, 0.2) is 59.1 Å². The molecule has 20 heavy (non-hydrogen) atoms. The Labute approximate surface area is 129 Å². The highest BCUT2D eigenvalue weighted by Gasteiger charge is 2.39. The molecule has 2 aromatic rings. The van der Waals surface area contributed by atoms with E-state index in [1.165, 1.54) is 0 Å². The van der Waals surface area contributed by atoms with E-state index < -0.39 is 5.60 Å². The summed E-state index contributed by atoms with van der Waals surface area (Å²) in [7, 11) is 0. The maximum Gasteiger partial charge on any atom is 0.0984 e. The smallest absolute Gasteiger partial charge is 0.0984 e. The second-order valence-corrected chi connectivity index (χ2v) is 6.53. The van der Waals surface area contributed by atoms with Gasteiger partial charge in [-0.2, -0.15) is 0 Å². The molecular formula is C18H21BrO. The molecule has 2 aromatic carbocycles. The predicted molar refractivity (Wildman–Crippen MR) is 87.7 cm³/mol. The number of halogens is 1. The van der Waals surface area contributed by atoms with Crippen LogP contribution in [0.3, 0.4) is 0 Å². The van der Waals surface area contributed by atoms with Crippen molar-refractivity contribution in [3.63, 3.8) is 0 Å². The zero-order valence-electron chi connectivity index (χ0n) is 12.2. The second-order valence-electron chi connectivity index (χ2n) is 5.62. The Hall–Kier alpha value is -1.12. The van der Waals surface area contributed by atoms with Gasteiger partial charge in [0.1, 0.15) is 0 Å². The van der Waals surface area contributed by atoms with E-state index in [4.69, 9.17) is 0 Å². The van der Waals surface area contributed by atoms with Crippen molar-refractivity contribution in [3.05, 3.63) is 70.2 Å². The van der Waals surface area contributed by atoms with Gasteiger partial charge in [0.05, 0.1) is 5.60 Å². The molecule has 0 bridgehead atoms. The quantitative estimate of drug-likeness (QED) is 0.826. The molecule has 0 unspecified atom stereocenters. The lowest BCUT2D eigenvalue weighted by Gasteiger charge is -2.39. The Kier molecular flexibility index (Phi) is 4.66. The van der Waals surface area contributed by atoms with Gasteiger partial charge in [0.25, 0.3) is 0 Å². The van der Waals surface area contributed by atoms with Crippen molar-refractivity contribution in [1.29, 1.82) is 0 Å². The first kappa shape index (κ1) is 15.3. The lowest BCUT2D eigenvalue weighted by Crippen LogP contribution is -2.37. The molecule has 0 amide bonds. The number of hydrogen-bond acceptors (Lipinski definition) is 1. The normalized spacial score (nSPS) is 15.9.